The maximum Gasteiger partial charge on any atom is 0.0991 e. The lowest BCUT2D eigenvalue weighted by Crippen LogP contribution is -2.07. The minimum absolute atomic E-state index is 0.0464. The summed E-state index contributed by atoms with van der Waals surface area (Å²) in [5, 5.41) is 13.2. The van der Waals surface area contributed by atoms with E-state index in [9.17, 15) is 0 Å². The summed E-state index contributed by atoms with van der Waals surface area (Å²) < 4.78 is 0. The molecule has 1 atom stereocenters. The van der Waals surface area contributed by atoms with Crippen molar-refractivity contribution in [3.63, 3.8) is 0 Å². The van der Waals surface area contributed by atoms with E-state index in [2.05, 4.69) is 11.4 Å². The third-order valence-electron chi connectivity index (χ3n) is 2.86. The Morgan fingerprint density at radius 2 is 1.63 bits per heavy atom. The van der Waals surface area contributed by atoms with Crippen molar-refractivity contribution in [3.05, 3.63) is 63.6 Å². The van der Waals surface area contributed by atoms with Crippen molar-refractivity contribution < 1.29 is 0 Å². The standard InChI is InChI=1S/C15H12Cl2N2/c1-10(12-7-5-11(9-18)6-8-12)19-15-13(16)3-2-4-14(15)17/h2-8,10,19H,1H3. The van der Waals surface area contributed by atoms with Crippen LogP contribution in [0.2, 0.25) is 10.0 Å². The molecule has 0 bridgehead atoms. The van der Waals surface area contributed by atoms with E-state index in [0.29, 0.717) is 15.6 Å². The van der Waals surface area contributed by atoms with Gasteiger partial charge in [-0.1, -0.05) is 41.4 Å². The van der Waals surface area contributed by atoms with Crippen LogP contribution in [-0.2, 0) is 0 Å². The predicted molar refractivity (Wildman–Crippen MR) is 79.7 cm³/mol. The Labute approximate surface area is 122 Å². The van der Waals surface area contributed by atoms with Gasteiger partial charge in [0.15, 0.2) is 0 Å². The molecule has 0 aliphatic carbocycles. The number of anilines is 1. The van der Waals surface area contributed by atoms with Gasteiger partial charge in [0.25, 0.3) is 0 Å². The van der Waals surface area contributed by atoms with Crippen LogP contribution < -0.4 is 5.32 Å². The Bertz CT molecular complexity index is 595. The zero-order valence-electron chi connectivity index (χ0n) is 10.3. The molecule has 0 aliphatic rings. The molecule has 0 saturated heterocycles. The lowest BCUT2D eigenvalue weighted by molar-refractivity contribution is 0.885. The monoisotopic (exact) mass is 290 g/mol. The number of para-hydroxylation sites is 1. The molecule has 4 heteroatoms. The Morgan fingerprint density at radius 1 is 1.05 bits per heavy atom. The summed E-state index contributed by atoms with van der Waals surface area (Å²) in [6, 6.07) is 15.0. The summed E-state index contributed by atoms with van der Waals surface area (Å²) in [6.45, 7) is 2.01. The maximum absolute atomic E-state index is 8.77. The lowest BCUT2D eigenvalue weighted by Gasteiger charge is -2.17. The van der Waals surface area contributed by atoms with E-state index in [0.717, 1.165) is 11.3 Å². The van der Waals surface area contributed by atoms with Crippen LogP contribution in [0.25, 0.3) is 0 Å². The first-order chi connectivity index (χ1) is 9.11. The molecule has 0 heterocycles. The van der Waals surface area contributed by atoms with E-state index in [-0.39, 0.29) is 6.04 Å². The number of benzene rings is 2. The first kappa shape index (κ1) is 13.7. The van der Waals surface area contributed by atoms with Crippen LogP contribution in [0.15, 0.2) is 42.5 Å². The molecule has 19 heavy (non-hydrogen) atoms. The Kier molecular flexibility index (Phi) is 4.31. The number of nitrogens with zero attached hydrogens (tertiary/aromatic N) is 1. The third kappa shape index (κ3) is 3.20. The van der Waals surface area contributed by atoms with Gasteiger partial charge in [-0.05, 0) is 36.8 Å². The molecule has 2 nitrogen and oxygen atoms in total. The first-order valence-electron chi connectivity index (χ1n) is 5.82. The molecule has 0 aliphatic heterocycles. The molecule has 2 aromatic rings. The Morgan fingerprint density at radius 3 is 2.16 bits per heavy atom. The molecule has 0 aromatic heterocycles. The van der Waals surface area contributed by atoms with Crippen molar-refractivity contribution in [2.75, 3.05) is 5.32 Å². The van der Waals surface area contributed by atoms with Crippen molar-refractivity contribution in [1.29, 1.82) is 5.26 Å². The lowest BCUT2D eigenvalue weighted by atomic mass is 10.1. The highest BCUT2D eigenvalue weighted by Gasteiger charge is 2.10. The van der Waals surface area contributed by atoms with Crippen molar-refractivity contribution in [1.82, 2.24) is 0 Å². The van der Waals surface area contributed by atoms with Gasteiger partial charge in [-0.15, -0.1) is 0 Å². The van der Waals surface area contributed by atoms with Gasteiger partial charge in [0.2, 0.25) is 0 Å². The van der Waals surface area contributed by atoms with Gasteiger partial charge in [-0.2, -0.15) is 5.26 Å². The first-order valence-corrected chi connectivity index (χ1v) is 6.58. The van der Waals surface area contributed by atoms with E-state index >= 15 is 0 Å². The van der Waals surface area contributed by atoms with Crippen LogP contribution in [0.4, 0.5) is 5.69 Å². The highest BCUT2D eigenvalue weighted by Crippen LogP contribution is 2.32. The van der Waals surface area contributed by atoms with E-state index in [4.69, 9.17) is 28.5 Å². The van der Waals surface area contributed by atoms with Crippen LogP contribution in [-0.4, -0.2) is 0 Å². The summed E-state index contributed by atoms with van der Waals surface area (Å²) in [6.07, 6.45) is 0. The number of hydrogen-bond donors (Lipinski definition) is 1. The molecular weight excluding hydrogens is 279 g/mol. The number of nitriles is 1. The number of halogens is 2. The van der Waals surface area contributed by atoms with Crippen molar-refractivity contribution in [2.45, 2.75) is 13.0 Å². The van der Waals surface area contributed by atoms with E-state index < -0.39 is 0 Å². The van der Waals surface area contributed by atoms with Gasteiger partial charge in [0, 0.05) is 6.04 Å². The fourth-order valence-electron chi connectivity index (χ4n) is 1.78. The maximum atomic E-state index is 8.77. The van der Waals surface area contributed by atoms with E-state index in [1.807, 2.05) is 25.1 Å². The summed E-state index contributed by atoms with van der Waals surface area (Å²) in [5.41, 5.74) is 2.43. The number of nitrogens with one attached hydrogen (secondary N) is 1. The van der Waals surface area contributed by atoms with Gasteiger partial charge < -0.3 is 5.32 Å². The fourth-order valence-corrected chi connectivity index (χ4v) is 2.29. The van der Waals surface area contributed by atoms with Gasteiger partial charge in [-0.3, -0.25) is 0 Å². The van der Waals surface area contributed by atoms with Crippen LogP contribution in [0.1, 0.15) is 24.1 Å². The Hall–Kier alpha value is -1.69. The second-order valence-corrected chi connectivity index (χ2v) is 5.01. The van der Waals surface area contributed by atoms with Crippen LogP contribution in [0.3, 0.4) is 0 Å². The summed E-state index contributed by atoms with van der Waals surface area (Å²) in [4.78, 5) is 0. The average molecular weight is 291 g/mol. The predicted octanol–water partition coefficient (Wildman–Crippen LogP) is 5.04. The summed E-state index contributed by atoms with van der Waals surface area (Å²) in [7, 11) is 0. The molecule has 0 amide bonds. The summed E-state index contributed by atoms with van der Waals surface area (Å²) >= 11 is 12.2. The molecule has 2 aromatic carbocycles. The summed E-state index contributed by atoms with van der Waals surface area (Å²) in [5.74, 6) is 0. The minimum Gasteiger partial charge on any atom is -0.376 e. The van der Waals surface area contributed by atoms with Gasteiger partial charge >= 0.3 is 0 Å². The fraction of sp³-hybridized carbons (Fsp3) is 0.133. The van der Waals surface area contributed by atoms with Crippen LogP contribution >= 0.6 is 23.2 Å². The highest BCUT2D eigenvalue weighted by molar-refractivity contribution is 6.39. The second kappa shape index (κ2) is 5.97. The van der Waals surface area contributed by atoms with Crippen molar-refractivity contribution in [3.8, 4) is 6.07 Å². The normalized spacial score (nSPS) is 11.7. The topological polar surface area (TPSA) is 35.8 Å². The van der Waals surface area contributed by atoms with Gasteiger partial charge in [-0.25, -0.2) is 0 Å². The van der Waals surface area contributed by atoms with Gasteiger partial charge in [0.1, 0.15) is 0 Å². The SMILES string of the molecule is CC(Nc1c(Cl)cccc1Cl)c1ccc(C#N)cc1. The Balaban J connectivity index is 2.21. The van der Waals surface area contributed by atoms with Crippen LogP contribution in [0.5, 0.6) is 0 Å². The zero-order chi connectivity index (χ0) is 13.8. The van der Waals surface area contributed by atoms with Crippen molar-refractivity contribution in [2.24, 2.45) is 0 Å². The molecular formula is C15H12Cl2N2. The highest BCUT2D eigenvalue weighted by atomic mass is 35.5. The third-order valence-corrected chi connectivity index (χ3v) is 3.49. The van der Waals surface area contributed by atoms with Gasteiger partial charge in [0.05, 0.1) is 27.4 Å². The molecule has 1 unspecified atom stereocenters. The quantitative estimate of drug-likeness (QED) is 0.860. The molecule has 96 valence electrons. The average Bonchev–Trinajstić information content (AvgIpc) is 2.43. The largest absolute Gasteiger partial charge is 0.376 e. The molecule has 0 spiro atoms. The molecule has 0 fully saturated rings. The van der Waals surface area contributed by atoms with E-state index in [1.54, 1.807) is 24.3 Å². The molecule has 0 radical (unpaired) electrons. The zero-order valence-corrected chi connectivity index (χ0v) is 11.8. The van der Waals surface area contributed by atoms with Crippen molar-refractivity contribution >= 4 is 28.9 Å². The van der Waals surface area contributed by atoms with E-state index in [1.165, 1.54) is 0 Å². The number of rotatable bonds is 3. The molecule has 0 saturated carbocycles. The molecule has 1 N–H and O–H groups in total. The smallest absolute Gasteiger partial charge is 0.0991 e. The number of hydrogen-bond acceptors (Lipinski definition) is 2. The minimum atomic E-state index is 0.0464. The van der Waals surface area contributed by atoms with Crippen LogP contribution in [0, 0.1) is 11.3 Å². The second-order valence-electron chi connectivity index (χ2n) is 4.20. The molecule has 2 rings (SSSR count).